The van der Waals surface area contributed by atoms with Crippen LogP contribution in [0, 0.1) is 5.41 Å². The number of ether oxygens (including phenoxy) is 2. The summed E-state index contributed by atoms with van der Waals surface area (Å²) in [6.45, 7) is 6.82. The minimum Gasteiger partial charge on any atom is -0.389 e. The molecule has 2 N–H and O–H groups in total. The lowest BCUT2D eigenvalue weighted by atomic mass is 9.74. The molecular formula is C15H30N2O3. The molecular weight excluding hydrogens is 256 g/mol. The molecule has 2 rings (SSSR count). The second kappa shape index (κ2) is 8.29. The van der Waals surface area contributed by atoms with E-state index in [4.69, 9.17) is 9.47 Å². The van der Waals surface area contributed by atoms with E-state index >= 15 is 0 Å². The van der Waals surface area contributed by atoms with Gasteiger partial charge in [-0.2, -0.15) is 0 Å². The average Bonchev–Trinajstić information content (AvgIpc) is 2.44. The molecule has 2 unspecified atom stereocenters. The molecule has 0 bridgehead atoms. The number of piperidine rings is 2. The van der Waals surface area contributed by atoms with Crippen LogP contribution in [0.3, 0.4) is 0 Å². The van der Waals surface area contributed by atoms with Gasteiger partial charge in [0.2, 0.25) is 0 Å². The molecule has 0 aliphatic carbocycles. The van der Waals surface area contributed by atoms with Crippen LogP contribution in [0.15, 0.2) is 0 Å². The largest absolute Gasteiger partial charge is 0.389 e. The molecule has 5 nitrogen and oxygen atoms in total. The van der Waals surface area contributed by atoms with Crippen LogP contribution in [0.5, 0.6) is 0 Å². The molecule has 0 saturated carbocycles. The fourth-order valence-corrected chi connectivity index (χ4v) is 3.56. The van der Waals surface area contributed by atoms with Crippen LogP contribution in [0.25, 0.3) is 0 Å². The molecule has 2 atom stereocenters. The van der Waals surface area contributed by atoms with Gasteiger partial charge >= 0.3 is 0 Å². The minimum absolute atomic E-state index is 0.390. The van der Waals surface area contributed by atoms with Gasteiger partial charge in [0.15, 0.2) is 0 Å². The van der Waals surface area contributed by atoms with Crippen LogP contribution in [0.1, 0.15) is 25.7 Å². The van der Waals surface area contributed by atoms with Gasteiger partial charge in [-0.05, 0) is 44.2 Å². The van der Waals surface area contributed by atoms with E-state index in [1.54, 1.807) is 7.11 Å². The molecule has 2 aliphatic heterocycles. The molecule has 2 heterocycles. The fourth-order valence-electron chi connectivity index (χ4n) is 3.56. The summed E-state index contributed by atoms with van der Waals surface area (Å²) in [5.74, 6) is 0. The molecule has 0 amide bonds. The summed E-state index contributed by atoms with van der Waals surface area (Å²) >= 11 is 0. The molecule has 118 valence electrons. The zero-order chi connectivity index (χ0) is 14.3. The third-order valence-corrected chi connectivity index (χ3v) is 4.51. The Kier molecular flexibility index (Phi) is 6.71. The van der Waals surface area contributed by atoms with Crippen LogP contribution in [0.4, 0.5) is 0 Å². The third kappa shape index (κ3) is 4.97. The number of methoxy groups -OCH3 is 1. The normalized spacial score (nSPS) is 29.7. The number of hydrogen-bond acceptors (Lipinski definition) is 5. The van der Waals surface area contributed by atoms with Gasteiger partial charge in [-0.3, -0.25) is 0 Å². The Labute approximate surface area is 122 Å². The van der Waals surface area contributed by atoms with E-state index in [0.717, 1.165) is 32.7 Å². The van der Waals surface area contributed by atoms with Crippen molar-refractivity contribution in [3.8, 4) is 0 Å². The first kappa shape index (κ1) is 16.2. The Morgan fingerprint density at radius 3 is 2.90 bits per heavy atom. The van der Waals surface area contributed by atoms with E-state index in [0.29, 0.717) is 25.2 Å². The predicted molar refractivity (Wildman–Crippen MR) is 78.9 cm³/mol. The van der Waals surface area contributed by atoms with E-state index in [1.165, 1.54) is 25.7 Å². The summed E-state index contributed by atoms with van der Waals surface area (Å²) in [6, 6.07) is 0. The fraction of sp³-hybridized carbons (Fsp3) is 1.00. The third-order valence-electron chi connectivity index (χ3n) is 4.51. The van der Waals surface area contributed by atoms with Crippen molar-refractivity contribution in [2.24, 2.45) is 5.41 Å². The highest BCUT2D eigenvalue weighted by Gasteiger charge is 2.36. The maximum Gasteiger partial charge on any atom is 0.0900 e. The lowest BCUT2D eigenvalue weighted by Gasteiger charge is -2.45. The van der Waals surface area contributed by atoms with Crippen molar-refractivity contribution in [3.05, 3.63) is 0 Å². The second-order valence-corrected chi connectivity index (χ2v) is 6.34. The molecule has 20 heavy (non-hydrogen) atoms. The van der Waals surface area contributed by atoms with Crippen molar-refractivity contribution in [1.29, 1.82) is 0 Å². The van der Waals surface area contributed by atoms with Crippen molar-refractivity contribution >= 4 is 0 Å². The van der Waals surface area contributed by atoms with Gasteiger partial charge in [-0.1, -0.05) is 0 Å². The number of aliphatic hydroxyl groups excluding tert-OH is 1. The number of nitrogens with zero attached hydrogens (tertiary/aromatic N) is 1. The highest BCUT2D eigenvalue weighted by Crippen LogP contribution is 2.35. The van der Waals surface area contributed by atoms with Crippen LogP contribution in [0.2, 0.25) is 0 Å². The Balaban J connectivity index is 1.69. The standard InChI is InChI=1S/C15H30N2O3/c1-19-8-9-20-11-14(18)10-17-7-3-5-15(13-17)4-2-6-16-12-15/h14,16,18H,2-13H2,1H3. The van der Waals surface area contributed by atoms with E-state index < -0.39 is 6.10 Å². The number of hydrogen-bond donors (Lipinski definition) is 2. The lowest BCUT2D eigenvalue weighted by molar-refractivity contribution is -0.0173. The zero-order valence-electron chi connectivity index (χ0n) is 12.8. The quantitative estimate of drug-likeness (QED) is 0.667. The SMILES string of the molecule is COCCOCC(O)CN1CCCC2(CCCNC2)C1. The minimum atomic E-state index is -0.390. The molecule has 2 fully saturated rings. The van der Waals surface area contributed by atoms with Crippen LogP contribution < -0.4 is 5.32 Å². The van der Waals surface area contributed by atoms with Gasteiger partial charge in [0.05, 0.1) is 25.9 Å². The first-order chi connectivity index (χ1) is 9.74. The van der Waals surface area contributed by atoms with E-state index in [-0.39, 0.29) is 0 Å². The number of β-amino-alcohol motifs (C(OH)–C–C–N with tert-alkyl or cyclic N) is 1. The van der Waals surface area contributed by atoms with E-state index in [1.807, 2.05) is 0 Å². The summed E-state index contributed by atoms with van der Waals surface area (Å²) in [6.07, 6.45) is 4.81. The molecule has 0 aromatic carbocycles. The molecule has 5 heteroatoms. The van der Waals surface area contributed by atoms with E-state index in [2.05, 4.69) is 10.2 Å². The number of rotatable bonds is 7. The molecule has 1 spiro atoms. The summed E-state index contributed by atoms with van der Waals surface area (Å²) in [7, 11) is 1.66. The predicted octanol–water partition coefficient (Wildman–Crippen LogP) is 0.476. The number of nitrogens with one attached hydrogen (secondary N) is 1. The average molecular weight is 286 g/mol. The van der Waals surface area contributed by atoms with Crippen LogP contribution in [-0.2, 0) is 9.47 Å². The second-order valence-electron chi connectivity index (χ2n) is 6.34. The topological polar surface area (TPSA) is 54.0 Å². The van der Waals surface area contributed by atoms with Crippen LogP contribution in [-0.4, -0.2) is 75.8 Å². The summed E-state index contributed by atoms with van der Waals surface area (Å²) in [4.78, 5) is 2.42. The lowest BCUT2D eigenvalue weighted by Crippen LogP contribution is -2.52. The smallest absolute Gasteiger partial charge is 0.0900 e. The van der Waals surface area contributed by atoms with Crippen molar-refractivity contribution < 1.29 is 14.6 Å². The highest BCUT2D eigenvalue weighted by atomic mass is 16.5. The molecule has 2 saturated heterocycles. The number of likely N-dealkylation sites (tertiary alicyclic amines) is 1. The van der Waals surface area contributed by atoms with Gasteiger partial charge in [0, 0.05) is 26.7 Å². The van der Waals surface area contributed by atoms with Gasteiger partial charge in [-0.25, -0.2) is 0 Å². The Bertz CT molecular complexity index is 264. The Morgan fingerprint density at radius 2 is 2.15 bits per heavy atom. The van der Waals surface area contributed by atoms with Crippen molar-refractivity contribution in [2.45, 2.75) is 31.8 Å². The maximum absolute atomic E-state index is 10.1. The summed E-state index contributed by atoms with van der Waals surface area (Å²) in [5.41, 5.74) is 0.452. The molecule has 0 radical (unpaired) electrons. The summed E-state index contributed by atoms with van der Waals surface area (Å²) < 4.78 is 10.3. The van der Waals surface area contributed by atoms with Gasteiger partial charge in [0.1, 0.15) is 0 Å². The highest BCUT2D eigenvalue weighted by molar-refractivity contribution is 4.91. The van der Waals surface area contributed by atoms with Crippen LogP contribution >= 0.6 is 0 Å². The Hall–Kier alpha value is -0.200. The van der Waals surface area contributed by atoms with Crippen molar-refractivity contribution in [3.63, 3.8) is 0 Å². The van der Waals surface area contributed by atoms with Crippen molar-refractivity contribution in [2.75, 3.05) is 59.7 Å². The molecule has 0 aromatic rings. The van der Waals surface area contributed by atoms with E-state index in [9.17, 15) is 5.11 Å². The first-order valence-electron chi connectivity index (χ1n) is 7.92. The van der Waals surface area contributed by atoms with Crippen molar-refractivity contribution in [1.82, 2.24) is 10.2 Å². The first-order valence-corrected chi connectivity index (χ1v) is 7.92. The zero-order valence-corrected chi connectivity index (χ0v) is 12.8. The monoisotopic (exact) mass is 286 g/mol. The maximum atomic E-state index is 10.1. The van der Waals surface area contributed by atoms with Gasteiger partial charge < -0.3 is 24.8 Å². The summed E-state index contributed by atoms with van der Waals surface area (Å²) in [5, 5.41) is 13.6. The number of aliphatic hydroxyl groups is 1. The molecule has 0 aromatic heterocycles. The Morgan fingerprint density at radius 1 is 1.30 bits per heavy atom. The molecule has 2 aliphatic rings. The van der Waals surface area contributed by atoms with Gasteiger partial charge in [-0.15, -0.1) is 0 Å². The van der Waals surface area contributed by atoms with Gasteiger partial charge in [0.25, 0.3) is 0 Å².